The summed E-state index contributed by atoms with van der Waals surface area (Å²) >= 11 is 0. The summed E-state index contributed by atoms with van der Waals surface area (Å²) in [5, 5.41) is 1.48. The molecule has 0 radical (unpaired) electrons. The van der Waals surface area contributed by atoms with Crippen LogP contribution in [0.2, 0.25) is 0 Å². The Labute approximate surface area is 106 Å². The van der Waals surface area contributed by atoms with E-state index >= 15 is 0 Å². The largest absolute Gasteiger partial charge is 0.434 e. The minimum Gasteiger partial charge on any atom is -0.304 e. The van der Waals surface area contributed by atoms with E-state index in [4.69, 9.17) is 5.73 Å². The predicted molar refractivity (Wildman–Crippen MR) is 58.5 cm³/mol. The topological polar surface area (TPSA) is 75.4 Å². The summed E-state index contributed by atoms with van der Waals surface area (Å²) < 4.78 is 38.1. The van der Waals surface area contributed by atoms with Crippen LogP contribution in [0.5, 0.6) is 0 Å². The smallest absolute Gasteiger partial charge is 0.304 e. The molecule has 1 aliphatic heterocycles. The number of amides is 3. The average molecular weight is 273 g/mol. The van der Waals surface area contributed by atoms with Gasteiger partial charge in [0.1, 0.15) is 0 Å². The number of rotatable bonds is 2. The van der Waals surface area contributed by atoms with Crippen LogP contribution in [0.3, 0.4) is 0 Å². The molecule has 2 rings (SSSR count). The van der Waals surface area contributed by atoms with Crippen LogP contribution in [-0.2, 0) is 11.3 Å². The zero-order valence-corrected chi connectivity index (χ0v) is 9.57. The van der Waals surface area contributed by atoms with Crippen LogP contribution in [0.25, 0.3) is 0 Å². The number of halogens is 3. The van der Waals surface area contributed by atoms with Crippen molar-refractivity contribution in [3.8, 4) is 0 Å². The van der Waals surface area contributed by atoms with Gasteiger partial charge in [-0.25, -0.2) is 4.79 Å². The van der Waals surface area contributed by atoms with E-state index in [9.17, 15) is 22.8 Å². The second-order valence-electron chi connectivity index (χ2n) is 4.11. The number of urea groups is 1. The molecule has 0 unspecified atom stereocenters. The van der Waals surface area contributed by atoms with Crippen LogP contribution in [0.1, 0.15) is 5.56 Å². The lowest BCUT2D eigenvalue weighted by molar-refractivity contribution is -0.194. The summed E-state index contributed by atoms with van der Waals surface area (Å²) in [5.74, 6) is -1.51. The summed E-state index contributed by atoms with van der Waals surface area (Å²) in [4.78, 5) is 23.6. The summed E-state index contributed by atoms with van der Waals surface area (Å²) in [7, 11) is 0. The highest BCUT2D eigenvalue weighted by atomic mass is 19.4. The van der Waals surface area contributed by atoms with Gasteiger partial charge in [-0.1, -0.05) is 30.3 Å². The highest BCUT2D eigenvalue weighted by Crippen LogP contribution is 2.32. The van der Waals surface area contributed by atoms with E-state index in [0.29, 0.717) is 10.5 Å². The first kappa shape index (κ1) is 13.3. The second kappa shape index (κ2) is 4.23. The molecule has 0 saturated carbocycles. The van der Waals surface area contributed by atoms with Crippen LogP contribution in [0.15, 0.2) is 30.3 Å². The van der Waals surface area contributed by atoms with Crippen molar-refractivity contribution in [1.82, 2.24) is 10.2 Å². The van der Waals surface area contributed by atoms with Crippen molar-refractivity contribution in [2.75, 3.05) is 0 Å². The first-order valence-corrected chi connectivity index (χ1v) is 5.29. The summed E-state index contributed by atoms with van der Waals surface area (Å²) in [6.45, 7) is -0.263. The molecule has 1 saturated heterocycles. The van der Waals surface area contributed by atoms with Gasteiger partial charge >= 0.3 is 12.2 Å². The van der Waals surface area contributed by atoms with Gasteiger partial charge in [0.05, 0.1) is 6.54 Å². The van der Waals surface area contributed by atoms with Crippen LogP contribution >= 0.6 is 0 Å². The summed E-state index contributed by atoms with van der Waals surface area (Å²) in [5.41, 5.74) is 2.14. The molecule has 5 nitrogen and oxygen atoms in total. The molecule has 0 spiro atoms. The maximum atomic E-state index is 12.7. The third-order valence-electron chi connectivity index (χ3n) is 2.76. The van der Waals surface area contributed by atoms with Gasteiger partial charge in [-0.2, -0.15) is 13.2 Å². The number of hydrogen-bond donors (Lipinski definition) is 2. The number of hydrogen-bond acceptors (Lipinski definition) is 3. The minimum atomic E-state index is -5.05. The zero-order chi connectivity index (χ0) is 14.3. The molecule has 1 aromatic rings. The maximum absolute atomic E-state index is 12.7. The highest BCUT2D eigenvalue weighted by Gasteiger charge is 2.65. The normalized spacial score (nSPS) is 23.7. The van der Waals surface area contributed by atoms with Gasteiger partial charge in [-0.3, -0.25) is 15.4 Å². The van der Waals surface area contributed by atoms with Crippen LogP contribution in [-0.4, -0.2) is 28.7 Å². The molecular formula is C11H10F3N3O2. The van der Waals surface area contributed by atoms with Crippen molar-refractivity contribution in [2.24, 2.45) is 5.73 Å². The molecule has 19 heavy (non-hydrogen) atoms. The number of nitrogens with zero attached hydrogens (tertiary/aromatic N) is 1. The van der Waals surface area contributed by atoms with E-state index in [-0.39, 0.29) is 6.54 Å². The number of benzene rings is 1. The lowest BCUT2D eigenvalue weighted by Gasteiger charge is -2.24. The first-order chi connectivity index (χ1) is 8.75. The van der Waals surface area contributed by atoms with Crippen molar-refractivity contribution in [2.45, 2.75) is 18.4 Å². The Morgan fingerprint density at radius 2 is 1.79 bits per heavy atom. The van der Waals surface area contributed by atoms with E-state index in [1.165, 1.54) is 5.32 Å². The fourth-order valence-corrected chi connectivity index (χ4v) is 1.70. The molecule has 1 aromatic carbocycles. The lowest BCUT2D eigenvalue weighted by Crippen LogP contribution is -2.65. The van der Waals surface area contributed by atoms with Crippen LogP contribution in [0.4, 0.5) is 18.0 Å². The van der Waals surface area contributed by atoms with E-state index in [1.54, 1.807) is 30.3 Å². The van der Waals surface area contributed by atoms with Gasteiger partial charge in [-0.05, 0) is 5.56 Å². The van der Waals surface area contributed by atoms with Crippen molar-refractivity contribution >= 4 is 11.9 Å². The molecule has 1 aliphatic rings. The van der Waals surface area contributed by atoms with E-state index in [0.717, 1.165) is 0 Å². The molecule has 0 aliphatic carbocycles. The number of carbonyl (C=O) groups is 2. The van der Waals surface area contributed by atoms with Crippen molar-refractivity contribution in [3.63, 3.8) is 0 Å². The van der Waals surface area contributed by atoms with E-state index in [2.05, 4.69) is 0 Å². The van der Waals surface area contributed by atoms with Crippen molar-refractivity contribution in [3.05, 3.63) is 35.9 Å². The Balaban J connectivity index is 2.25. The molecule has 8 heteroatoms. The van der Waals surface area contributed by atoms with E-state index < -0.39 is 23.8 Å². The van der Waals surface area contributed by atoms with Crippen molar-refractivity contribution in [1.29, 1.82) is 0 Å². The van der Waals surface area contributed by atoms with Gasteiger partial charge in [0, 0.05) is 0 Å². The maximum Gasteiger partial charge on any atom is 0.434 e. The Hall–Kier alpha value is -2.09. The zero-order valence-electron chi connectivity index (χ0n) is 9.57. The monoisotopic (exact) mass is 273 g/mol. The lowest BCUT2D eigenvalue weighted by atomic mass is 10.1. The van der Waals surface area contributed by atoms with Gasteiger partial charge in [0.2, 0.25) is 0 Å². The molecule has 1 fully saturated rings. The Bertz CT molecular complexity index is 518. The Kier molecular flexibility index (Phi) is 2.97. The number of nitrogens with one attached hydrogen (secondary N) is 1. The third kappa shape index (κ3) is 2.14. The minimum absolute atomic E-state index is 0.263. The molecule has 0 aromatic heterocycles. The number of nitrogens with two attached hydrogens (primary N) is 1. The van der Waals surface area contributed by atoms with Gasteiger partial charge in [0.15, 0.2) is 0 Å². The standard InChI is InChI=1S/C11H10F3N3O2/c12-11(13,14)10(15)8(18)17(9(19)16-10)6-7-4-2-1-3-5-7/h1-5H,6,15H2,(H,16,19)/t10-/m1/s1. The molecule has 3 amide bonds. The molecule has 3 N–H and O–H groups in total. The molecule has 102 valence electrons. The average Bonchev–Trinajstić information content (AvgIpc) is 2.55. The SMILES string of the molecule is N[C@@]1(C(F)(F)F)NC(=O)N(Cc2ccccc2)C1=O. The first-order valence-electron chi connectivity index (χ1n) is 5.29. The number of carbonyl (C=O) groups excluding carboxylic acids is 2. The fourth-order valence-electron chi connectivity index (χ4n) is 1.70. The Morgan fingerprint density at radius 1 is 1.21 bits per heavy atom. The van der Waals surface area contributed by atoms with E-state index in [1.807, 2.05) is 0 Å². The van der Waals surface area contributed by atoms with Gasteiger partial charge < -0.3 is 5.32 Å². The number of alkyl halides is 3. The molecule has 1 atom stereocenters. The van der Waals surface area contributed by atoms with Gasteiger partial charge in [0.25, 0.3) is 11.6 Å². The van der Waals surface area contributed by atoms with Crippen molar-refractivity contribution < 1.29 is 22.8 Å². The molecule has 0 bridgehead atoms. The molecule has 1 heterocycles. The third-order valence-corrected chi connectivity index (χ3v) is 2.76. The van der Waals surface area contributed by atoms with Crippen LogP contribution in [0, 0.1) is 0 Å². The fraction of sp³-hybridized carbons (Fsp3) is 0.273. The van der Waals surface area contributed by atoms with Crippen LogP contribution < -0.4 is 11.1 Å². The second-order valence-corrected chi connectivity index (χ2v) is 4.11. The quantitative estimate of drug-likeness (QED) is 0.788. The predicted octanol–water partition coefficient (Wildman–Crippen LogP) is 0.956. The Morgan fingerprint density at radius 3 is 2.26 bits per heavy atom. The van der Waals surface area contributed by atoms with Gasteiger partial charge in [-0.15, -0.1) is 0 Å². The summed E-state index contributed by atoms with van der Waals surface area (Å²) in [6, 6.07) is 7.02. The number of imide groups is 1. The summed E-state index contributed by atoms with van der Waals surface area (Å²) in [6.07, 6.45) is -5.05. The molecular weight excluding hydrogens is 263 g/mol. The highest BCUT2D eigenvalue weighted by molar-refractivity contribution is 6.07.